The highest BCUT2D eigenvalue weighted by Gasteiger charge is 2.31. The van der Waals surface area contributed by atoms with Crippen molar-refractivity contribution < 1.29 is 14.3 Å². The molecule has 0 bridgehead atoms. The van der Waals surface area contributed by atoms with E-state index in [1.165, 1.54) is 11.3 Å². The van der Waals surface area contributed by atoms with E-state index in [2.05, 4.69) is 0 Å². The predicted molar refractivity (Wildman–Crippen MR) is 82.6 cm³/mol. The first-order chi connectivity index (χ1) is 10.1. The zero-order valence-corrected chi connectivity index (χ0v) is 13.1. The van der Waals surface area contributed by atoms with Crippen molar-refractivity contribution in [3.8, 4) is 22.1 Å². The second kappa shape index (κ2) is 5.48. The van der Waals surface area contributed by atoms with Crippen molar-refractivity contribution >= 4 is 17.1 Å². The number of Topliss-reactive ketones (excluding diaryl/α,β-unsaturated/α-hetero) is 1. The number of benzene rings is 1. The lowest BCUT2D eigenvalue weighted by Gasteiger charge is -2.08. The monoisotopic (exact) mass is 303 g/mol. The van der Waals surface area contributed by atoms with Crippen LogP contribution >= 0.6 is 11.3 Å². The second-order valence-electron chi connectivity index (χ2n) is 5.13. The van der Waals surface area contributed by atoms with Gasteiger partial charge in [0.1, 0.15) is 5.01 Å². The number of ether oxygens (including phenoxy) is 2. The maximum atomic E-state index is 11.8. The van der Waals surface area contributed by atoms with Crippen LogP contribution in [0.15, 0.2) is 18.2 Å². The van der Waals surface area contributed by atoms with Crippen molar-refractivity contribution in [1.29, 1.82) is 0 Å². The van der Waals surface area contributed by atoms with E-state index >= 15 is 0 Å². The third kappa shape index (κ3) is 2.65. The molecule has 1 aliphatic rings. The number of carbonyl (C=O) groups excluding carboxylic acids is 1. The molecule has 110 valence electrons. The highest BCUT2D eigenvalue weighted by molar-refractivity contribution is 7.17. The van der Waals surface area contributed by atoms with E-state index in [0.717, 1.165) is 34.0 Å². The molecule has 21 heavy (non-hydrogen) atoms. The van der Waals surface area contributed by atoms with Crippen LogP contribution in [0.25, 0.3) is 10.6 Å². The molecule has 0 amide bonds. The van der Waals surface area contributed by atoms with Gasteiger partial charge >= 0.3 is 0 Å². The molecule has 0 N–H and O–H groups in total. The number of methoxy groups -OCH3 is 2. The summed E-state index contributed by atoms with van der Waals surface area (Å²) in [5.74, 6) is 1.92. The molecule has 2 aromatic rings. The van der Waals surface area contributed by atoms with Gasteiger partial charge in [0.2, 0.25) is 0 Å². The number of carbonyl (C=O) groups is 1. The lowest BCUT2D eigenvalue weighted by molar-refractivity contribution is 0.102. The van der Waals surface area contributed by atoms with Crippen LogP contribution in [0.2, 0.25) is 0 Å². The predicted octanol–water partition coefficient (Wildman–Crippen LogP) is 3.91. The van der Waals surface area contributed by atoms with Crippen LogP contribution in [-0.2, 0) is 0 Å². The Labute approximate surface area is 127 Å². The van der Waals surface area contributed by atoms with Gasteiger partial charge in [-0.05, 0) is 31.0 Å². The maximum absolute atomic E-state index is 11.8. The third-order valence-electron chi connectivity index (χ3n) is 3.57. The van der Waals surface area contributed by atoms with E-state index < -0.39 is 0 Å². The van der Waals surface area contributed by atoms with Crippen molar-refractivity contribution in [3.05, 3.63) is 28.8 Å². The number of hydrogen-bond acceptors (Lipinski definition) is 5. The smallest absolute Gasteiger partial charge is 0.171 e. The normalized spacial score (nSPS) is 14.0. The quantitative estimate of drug-likeness (QED) is 0.786. The average molecular weight is 303 g/mol. The van der Waals surface area contributed by atoms with Crippen molar-refractivity contribution in [2.45, 2.75) is 25.7 Å². The molecule has 3 rings (SSSR count). The number of thiazole rings is 1. The van der Waals surface area contributed by atoms with Gasteiger partial charge in [-0.2, -0.15) is 0 Å². The molecule has 0 unspecified atom stereocenters. The standard InChI is InChI=1S/C16H17NO3S/c1-9(18)15-14(10-4-5-10)17-16(21-15)11-6-7-12(19-2)13(8-11)20-3/h6-8,10H,4-5H2,1-3H3. The minimum absolute atomic E-state index is 0.0983. The Hall–Kier alpha value is -1.88. The molecule has 4 nitrogen and oxygen atoms in total. The minimum Gasteiger partial charge on any atom is -0.493 e. The van der Waals surface area contributed by atoms with Gasteiger partial charge in [0.05, 0.1) is 24.8 Å². The van der Waals surface area contributed by atoms with Gasteiger partial charge in [-0.3, -0.25) is 4.79 Å². The summed E-state index contributed by atoms with van der Waals surface area (Å²) < 4.78 is 10.6. The van der Waals surface area contributed by atoms with Crippen LogP contribution in [0.4, 0.5) is 0 Å². The fourth-order valence-corrected chi connectivity index (χ4v) is 3.35. The Morgan fingerprint density at radius 3 is 2.52 bits per heavy atom. The van der Waals surface area contributed by atoms with Crippen LogP contribution in [0.3, 0.4) is 0 Å². The molecule has 1 aromatic heterocycles. The summed E-state index contributed by atoms with van der Waals surface area (Å²) in [5, 5.41) is 0.864. The lowest BCUT2D eigenvalue weighted by Crippen LogP contribution is -1.93. The van der Waals surface area contributed by atoms with Gasteiger partial charge in [0, 0.05) is 18.4 Å². The van der Waals surface area contributed by atoms with Crippen LogP contribution in [-0.4, -0.2) is 25.0 Å². The lowest BCUT2D eigenvalue weighted by atomic mass is 10.2. The molecule has 5 heteroatoms. The van der Waals surface area contributed by atoms with E-state index in [1.54, 1.807) is 21.1 Å². The van der Waals surface area contributed by atoms with Gasteiger partial charge < -0.3 is 9.47 Å². The third-order valence-corrected chi connectivity index (χ3v) is 4.79. The minimum atomic E-state index is 0.0983. The average Bonchev–Trinajstić information content (AvgIpc) is 3.24. The number of aromatic nitrogens is 1. The van der Waals surface area contributed by atoms with Crippen molar-refractivity contribution in [2.24, 2.45) is 0 Å². The zero-order valence-electron chi connectivity index (χ0n) is 12.3. The van der Waals surface area contributed by atoms with Crippen molar-refractivity contribution in [1.82, 2.24) is 4.98 Å². The Morgan fingerprint density at radius 1 is 1.24 bits per heavy atom. The Kier molecular flexibility index (Phi) is 3.68. The molecule has 0 atom stereocenters. The molecular formula is C16H17NO3S. The van der Waals surface area contributed by atoms with Crippen LogP contribution < -0.4 is 9.47 Å². The first-order valence-corrected chi connectivity index (χ1v) is 7.69. The van der Waals surface area contributed by atoms with E-state index in [9.17, 15) is 4.79 Å². The molecule has 0 aliphatic heterocycles. The second-order valence-corrected chi connectivity index (χ2v) is 6.13. The van der Waals surface area contributed by atoms with E-state index in [1.807, 2.05) is 18.2 Å². The molecule has 1 aromatic carbocycles. The zero-order chi connectivity index (χ0) is 15.0. The van der Waals surface area contributed by atoms with Crippen molar-refractivity contribution in [3.63, 3.8) is 0 Å². The van der Waals surface area contributed by atoms with E-state index in [4.69, 9.17) is 14.5 Å². The van der Waals surface area contributed by atoms with Crippen molar-refractivity contribution in [2.75, 3.05) is 14.2 Å². The van der Waals surface area contributed by atoms with Crippen LogP contribution in [0.5, 0.6) is 11.5 Å². The summed E-state index contributed by atoms with van der Waals surface area (Å²) in [7, 11) is 3.22. The Morgan fingerprint density at radius 2 is 1.95 bits per heavy atom. The van der Waals surface area contributed by atoms with Gasteiger partial charge in [0.25, 0.3) is 0 Å². The number of hydrogen-bond donors (Lipinski definition) is 0. The summed E-state index contributed by atoms with van der Waals surface area (Å²) in [6.45, 7) is 1.61. The fourth-order valence-electron chi connectivity index (χ4n) is 2.31. The van der Waals surface area contributed by atoms with Crippen LogP contribution in [0, 0.1) is 0 Å². The Bertz CT molecular complexity index is 689. The fraction of sp³-hybridized carbons (Fsp3) is 0.375. The molecule has 0 radical (unpaired) electrons. The van der Waals surface area contributed by atoms with Gasteiger partial charge in [-0.25, -0.2) is 4.98 Å². The molecular weight excluding hydrogens is 286 g/mol. The number of ketones is 1. The summed E-state index contributed by atoms with van der Waals surface area (Å²) in [5.41, 5.74) is 1.92. The topological polar surface area (TPSA) is 48.4 Å². The number of nitrogens with zero attached hydrogens (tertiary/aromatic N) is 1. The van der Waals surface area contributed by atoms with Gasteiger partial charge in [0.15, 0.2) is 17.3 Å². The summed E-state index contributed by atoms with van der Waals surface area (Å²) in [4.78, 5) is 17.3. The molecule has 1 heterocycles. The maximum Gasteiger partial charge on any atom is 0.171 e. The van der Waals surface area contributed by atoms with Gasteiger partial charge in [-0.1, -0.05) is 0 Å². The summed E-state index contributed by atoms with van der Waals surface area (Å²) in [6, 6.07) is 5.71. The SMILES string of the molecule is COc1ccc(-c2nc(C3CC3)c(C(C)=O)s2)cc1OC. The Balaban J connectivity index is 2.04. The van der Waals surface area contributed by atoms with E-state index in [-0.39, 0.29) is 5.78 Å². The molecule has 0 spiro atoms. The van der Waals surface area contributed by atoms with Gasteiger partial charge in [-0.15, -0.1) is 11.3 Å². The first kappa shape index (κ1) is 14.1. The van der Waals surface area contributed by atoms with Crippen LogP contribution in [0.1, 0.15) is 41.0 Å². The molecule has 1 saturated carbocycles. The summed E-state index contributed by atoms with van der Waals surface area (Å²) in [6.07, 6.45) is 2.27. The highest BCUT2D eigenvalue weighted by Crippen LogP contribution is 2.45. The summed E-state index contributed by atoms with van der Waals surface area (Å²) >= 11 is 1.46. The highest BCUT2D eigenvalue weighted by atomic mass is 32.1. The van der Waals surface area contributed by atoms with E-state index in [0.29, 0.717) is 17.4 Å². The molecule has 0 saturated heterocycles. The first-order valence-electron chi connectivity index (χ1n) is 6.88. The molecule has 1 fully saturated rings. The molecule has 1 aliphatic carbocycles. The number of rotatable bonds is 5. The largest absolute Gasteiger partial charge is 0.493 e.